The molecular formula is C18H15ClF3N5OS. The zero-order valence-electron chi connectivity index (χ0n) is 15.3. The maximum atomic E-state index is 12.7. The van der Waals surface area contributed by atoms with Gasteiger partial charge in [-0.1, -0.05) is 41.1 Å². The molecule has 0 saturated carbocycles. The third-order valence-electron chi connectivity index (χ3n) is 3.89. The molecule has 0 unspecified atom stereocenters. The number of rotatable bonds is 5. The number of amides is 1. The van der Waals surface area contributed by atoms with Crippen LogP contribution in [-0.2, 0) is 11.0 Å². The van der Waals surface area contributed by atoms with Gasteiger partial charge in [-0.3, -0.25) is 9.36 Å². The largest absolute Gasteiger partial charge is 0.417 e. The first-order valence-corrected chi connectivity index (χ1v) is 9.64. The average molecular weight is 442 g/mol. The molecule has 1 aromatic carbocycles. The van der Waals surface area contributed by atoms with Gasteiger partial charge in [-0.05, 0) is 31.5 Å². The van der Waals surface area contributed by atoms with Gasteiger partial charge in [0, 0.05) is 6.20 Å². The third kappa shape index (κ3) is 5.07. The standard InChI is InChI=1S/C18H15ClF3N5OS/c1-10-3-4-14(11(2)5-10)27-9-24-26-17(27)29-8-15(28)25-16-13(19)6-12(7-23-16)18(20,21)22/h3-7,9H,8H2,1-2H3,(H,23,25,28). The highest BCUT2D eigenvalue weighted by Crippen LogP contribution is 2.32. The highest BCUT2D eigenvalue weighted by molar-refractivity contribution is 7.99. The van der Waals surface area contributed by atoms with Crippen molar-refractivity contribution in [2.45, 2.75) is 25.2 Å². The molecule has 0 fully saturated rings. The van der Waals surface area contributed by atoms with Crippen molar-refractivity contribution < 1.29 is 18.0 Å². The first-order valence-electron chi connectivity index (χ1n) is 8.28. The highest BCUT2D eigenvalue weighted by atomic mass is 35.5. The Hall–Kier alpha value is -2.59. The number of anilines is 1. The van der Waals surface area contributed by atoms with Crippen molar-refractivity contribution in [2.75, 3.05) is 11.1 Å². The molecule has 0 aliphatic carbocycles. The number of benzene rings is 1. The van der Waals surface area contributed by atoms with Crippen molar-refractivity contribution in [2.24, 2.45) is 0 Å². The zero-order valence-corrected chi connectivity index (χ0v) is 16.9. The summed E-state index contributed by atoms with van der Waals surface area (Å²) in [5.41, 5.74) is 2.04. The minimum absolute atomic E-state index is 0.0529. The normalized spacial score (nSPS) is 11.5. The van der Waals surface area contributed by atoms with Crippen LogP contribution in [0, 0.1) is 13.8 Å². The lowest BCUT2D eigenvalue weighted by atomic mass is 10.1. The van der Waals surface area contributed by atoms with Gasteiger partial charge in [0.2, 0.25) is 5.91 Å². The smallest absolute Gasteiger partial charge is 0.309 e. The molecule has 1 N–H and O–H groups in total. The Balaban J connectivity index is 1.67. The summed E-state index contributed by atoms with van der Waals surface area (Å²) >= 11 is 6.93. The van der Waals surface area contributed by atoms with Crippen molar-refractivity contribution in [1.82, 2.24) is 19.7 Å². The molecule has 152 valence electrons. The van der Waals surface area contributed by atoms with Gasteiger partial charge in [0.05, 0.1) is 22.0 Å². The predicted molar refractivity (Wildman–Crippen MR) is 104 cm³/mol. The molecule has 0 aliphatic rings. The van der Waals surface area contributed by atoms with Crippen LogP contribution < -0.4 is 5.32 Å². The molecule has 0 saturated heterocycles. The van der Waals surface area contributed by atoms with Gasteiger partial charge in [-0.15, -0.1) is 10.2 Å². The fraction of sp³-hybridized carbons (Fsp3) is 0.222. The molecule has 1 amide bonds. The number of pyridine rings is 1. The molecule has 2 aromatic heterocycles. The van der Waals surface area contributed by atoms with Crippen molar-refractivity contribution in [1.29, 1.82) is 0 Å². The second kappa shape index (κ2) is 8.42. The Morgan fingerprint density at radius 3 is 2.69 bits per heavy atom. The lowest BCUT2D eigenvalue weighted by molar-refractivity contribution is -0.137. The number of hydrogen-bond donors (Lipinski definition) is 1. The minimum atomic E-state index is -4.56. The van der Waals surface area contributed by atoms with Gasteiger partial charge in [-0.25, -0.2) is 4.98 Å². The van der Waals surface area contributed by atoms with E-state index < -0.39 is 17.6 Å². The molecule has 6 nitrogen and oxygen atoms in total. The summed E-state index contributed by atoms with van der Waals surface area (Å²) in [7, 11) is 0. The fourth-order valence-corrected chi connectivity index (χ4v) is 3.48. The Morgan fingerprint density at radius 2 is 2.03 bits per heavy atom. The SMILES string of the molecule is Cc1ccc(-n2cnnc2SCC(=O)Nc2ncc(C(F)(F)F)cc2Cl)c(C)c1. The topological polar surface area (TPSA) is 72.7 Å². The number of aryl methyl sites for hydroxylation is 2. The molecular weight excluding hydrogens is 427 g/mol. The van der Waals surface area contributed by atoms with E-state index in [1.807, 2.05) is 32.0 Å². The van der Waals surface area contributed by atoms with E-state index in [9.17, 15) is 18.0 Å². The Labute approximate surface area is 173 Å². The number of nitrogens with zero attached hydrogens (tertiary/aromatic N) is 4. The van der Waals surface area contributed by atoms with E-state index in [0.717, 1.165) is 28.6 Å². The highest BCUT2D eigenvalue weighted by Gasteiger charge is 2.31. The monoisotopic (exact) mass is 441 g/mol. The number of hydrogen-bond acceptors (Lipinski definition) is 5. The minimum Gasteiger partial charge on any atom is -0.309 e. The van der Waals surface area contributed by atoms with Gasteiger partial charge < -0.3 is 5.32 Å². The number of carbonyl (C=O) groups is 1. The second-order valence-electron chi connectivity index (χ2n) is 6.16. The molecule has 0 bridgehead atoms. The molecule has 3 aromatic rings. The summed E-state index contributed by atoms with van der Waals surface area (Å²) in [5.74, 6) is -0.678. The number of carbonyl (C=O) groups excluding carboxylic acids is 1. The van der Waals surface area contributed by atoms with E-state index in [1.165, 1.54) is 0 Å². The number of thioether (sulfide) groups is 1. The summed E-state index contributed by atoms with van der Waals surface area (Å²) in [4.78, 5) is 15.8. The van der Waals surface area contributed by atoms with Crippen molar-refractivity contribution in [3.05, 3.63) is 58.5 Å². The van der Waals surface area contributed by atoms with Gasteiger partial charge >= 0.3 is 6.18 Å². The first kappa shape index (κ1) is 21.1. The van der Waals surface area contributed by atoms with Gasteiger partial charge in [0.25, 0.3) is 0 Å². The van der Waals surface area contributed by atoms with Crippen molar-refractivity contribution in [3.63, 3.8) is 0 Å². The number of aromatic nitrogens is 4. The quantitative estimate of drug-likeness (QED) is 0.582. The summed E-state index contributed by atoms with van der Waals surface area (Å²) < 4.78 is 39.8. The van der Waals surface area contributed by atoms with Crippen LogP contribution in [0.5, 0.6) is 0 Å². The Kier molecular flexibility index (Phi) is 6.13. The summed E-state index contributed by atoms with van der Waals surface area (Å²) in [5, 5.41) is 10.5. The van der Waals surface area contributed by atoms with E-state index in [2.05, 4.69) is 20.5 Å². The van der Waals surface area contributed by atoms with Crippen LogP contribution in [0.15, 0.2) is 41.9 Å². The predicted octanol–water partition coefficient (Wildman–Crippen LogP) is 4.68. The lowest BCUT2D eigenvalue weighted by Crippen LogP contribution is -2.16. The van der Waals surface area contributed by atoms with Crippen LogP contribution in [0.25, 0.3) is 5.69 Å². The average Bonchev–Trinajstić information content (AvgIpc) is 3.09. The van der Waals surface area contributed by atoms with Gasteiger partial charge in [0.1, 0.15) is 6.33 Å². The van der Waals surface area contributed by atoms with E-state index >= 15 is 0 Å². The van der Waals surface area contributed by atoms with Crippen LogP contribution in [0.3, 0.4) is 0 Å². The maximum absolute atomic E-state index is 12.7. The molecule has 11 heteroatoms. The summed E-state index contributed by atoms with van der Waals surface area (Å²) in [6, 6.07) is 6.63. The molecule has 0 aliphatic heterocycles. The molecule has 3 rings (SSSR count). The van der Waals surface area contributed by atoms with Crippen LogP contribution in [0.1, 0.15) is 16.7 Å². The number of nitrogens with one attached hydrogen (secondary N) is 1. The molecule has 0 spiro atoms. The van der Waals surface area contributed by atoms with E-state index in [0.29, 0.717) is 17.4 Å². The van der Waals surface area contributed by atoms with E-state index in [4.69, 9.17) is 11.6 Å². The Morgan fingerprint density at radius 1 is 1.28 bits per heavy atom. The molecule has 0 atom stereocenters. The maximum Gasteiger partial charge on any atom is 0.417 e. The Bertz CT molecular complexity index is 1050. The second-order valence-corrected chi connectivity index (χ2v) is 7.51. The van der Waals surface area contributed by atoms with Gasteiger partial charge in [0.15, 0.2) is 11.0 Å². The molecule has 29 heavy (non-hydrogen) atoms. The van der Waals surface area contributed by atoms with Crippen LogP contribution >= 0.6 is 23.4 Å². The van der Waals surface area contributed by atoms with Crippen LogP contribution in [0.4, 0.5) is 19.0 Å². The van der Waals surface area contributed by atoms with Crippen molar-refractivity contribution in [3.8, 4) is 5.69 Å². The van der Waals surface area contributed by atoms with E-state index in [-0.39, 0.29) is 16.6 Å². The fourth-order valence-electron chi connectivity index (χ4n) is 2.55. The zero-order chi connectivity index (χ0) is 21.2. The molecule has 0 radical (unpaired) electrons. The van der Waals surface area contributed by atoms with Gasteiger partial charge in [-0.2, -0.15) is 13.2 Å². The van der Waals surface area contributed by atoms with Crippen molar-refractivity contribution >= 4 is 35.1 Å². The van der Waals surface area contributed by atoms with Crippen LogP contribution in [0.2, 0.25) is 5.02 Å². The third-order valence-corrected chi connectivity index (χ3v) is 5.12. The summed E-state index contributed by atoms with van der Waals surface area (Å²) in [6.07, 6.45) is -2.40. The first-order chi connectivity index (χ1) is 13.6. The summed E-state index contributed by atoms with van der Waals surface area (Å²) in [6.45, 7) is 3.95. The lowest BCUT2D eigenvalue weighted by Gasteiger charge is -2.11. The molecule has 2 heterocycles. The van der Waals surface area contributed by atoms with E-state index in [1.54, 1.807) is 10.9 Å². The number of alkyl halides is 3. The van der Waals surface area contributed by atoms with Crippen LogP contribution in [-0.4, -0.2) is 31.4 Å². The number of halogens is 4.